The summed E-state index contributed by atoms with van der Waals surface area (Å²) in [6.45, 7) is 7.69. The average molecular weight is 184 g/mol. The Balaban J connectivity index is 4.26. The van der Waals surface area contributed by atoms with Crippen LogP contribution in [-0.4, -0.2) is 19.0 Å². The van der Waals surface area contributed by atoms with Crippen LogP contribution in [0.2, 0.25) is 0 Å². The number of hydrogen-bond acceptors (Lipinski definition) is 2. The Morgan fingerprint density at radius 3 is 2.23 bits per heavy atom. The van der Waals surface area contributed by atoms with E-state index >= 15 is 0 Å². The van der Waals surface area contributed by atoms with Crippen LogP contribution in [0.25, 0.3) is 0 Å². The van der Waals surface area contributed by atoms with Crippen molar-refractivity contribution >= 4 is 5.78 Å². The van der Waals surface area contributed by atoms with Gasteiger partial charge < -0.3 is 4.74 Å². The highest BCUT2D eigenvalue weighted by Gasteiger charge is 2.08. The predicted octanol–water partition coefficient (Wildman–Crippen LogP) is 2.58. The summed E-state index contributed by atoms with van der Waals surface area (Å²) in [4.78, 5) is 11.0. The third-order valence-corrected chi connectivity index (χ3v) is 2.00. The van der Waals surface area contributed by atoms with Gasteiger partial charge >= 0.3 is 0 Å². The number of carbonyl (C=O) groups excluding carboxylic acids is 1. The fourth-order valence-corrected chi connectivity index (χ4v) is 1.09. The zero-order valence-electron chi connectivity index (χ0n) is 9.26. The van der Waals surface area contributed by atoms with E-state index in [0.717, 1.165) is 12.0 Å². The van der Waals surface area contributed by atoms with Gasteiger partial charge in [0.15, 0.2) is 5.78 Å². The molecule has 0 aromatic heterocycles. The molecule has 0 rings (SSSR count). The first-order valence-corrected chi connectivity index (χ1v) is 4.69. The second kappa shape index (κ2) is 5.92. The van der Waals surface area contributed by atoms with Crippen LogP contribution in [0.3, 0.4) is 0 Å². The van der Waals surface area contributed by atoms with Gasteiger partial charge in [-0.05, 0) is 37.8 Å². The van der Waals surface area contributed by atoms with Gasteiger partial charge in [0.1, 0.15) is 0 Å². The van der Waals surface area contributed by atoms with E-state index < -0.39 is 0 Å². The first-order valence-electron chi connectivity index (χ1n) is 4.69. The van der Waals surface area contributed by atoms with Crippen LogP contribution in [-0.2, 0) is 9.53 Å². The zero-order valence-corrected chi connectivity index (χ0v) is 9.26. The van der Waals surface area contributed by atoms with Crippen molar-refractivity contribution in [3.8, 4) is 0 Å². The standard InChI is InChI=1S/C11H20O2/c1-8(2)6-11(13-5)7-9(3)10(4)12/h7-8,11H,6H2,1-5H3/b9-7+. The summed E-state index contributed by atoms with van der Waals surface area (Å²) in [6, 6.07) is 0. The molecule has 0 bridgehead atoms. The number of Topliss-reactive ketones (excluding diaryl/α,β-unsaturated/α-hetero) is 1. The molecule has 0 aromatic rings. The third-order valence-electron chi connectivity index (χ3n) is 2.00. The summed E-state index contributed by atoms with van der Waals surface area (Å²) in [5, 5.41) is 0. The molecule has 0 N–H and O–H groups in total. The van der Waals surface area contributed by atoms with Gasteiger partial charge in [0.05, 0.1) is 6.10 Å². The van der Waals surface area contributed by atoms with E-state index in [9.17, 15) is 4.79 Å². The molecule has 0 spiro atoms. The van der Waals surface area contributed by atoms with E-state index in [-0.39, 0.29) is 11.9 Å². The molecule has 1 unspecified atom stereocenters. The molecule has 0 saturated carbocycles. The van der Waals surface area contributed by atoms with Crippen molar-refractivity contribution in [1.82, 2.24) is 0 Å². The normalized spacial score (nSPS) is 14.8. The molecule has 76 valence electrons. The number of allylic oxidation sites excluding steroid dienone is 1. The summed E-state index contributed by atoms with van der Waals surface area (Å²) in [5.41, 5.74) is 0.785. The highest BCUT2D eigenvalue weighted by molar-refractivity contribution is 5.92. The first-order chi connectivity index (χ1) is 5.97. The minimum atomic E-state index is 0.0731. The first kappa shape index (κ1) is 12.4. The highest BCUT2D eigenvalue weighted by Crippen LogP contribution is 2.11. The van der Waals surface area contributed by atoms with Crippen LogP contribution in [0.5, 0.6) is 0 Å². The molecule has 0 aromatic carbocycles. The molecule has 13 heavy (non-hydrogen) atoms. The second-order valence-corrected chi connectivity index (χ2v) is 3.81. The Bertz CT molecular complexity index is 192. The van der Waals surface area contributed by atoms with Crippen LogP contribution in [0, 0.1) is 5.92 Å². The van der Waals surface area contributed by atoms with Gasteiger partial charge in [-0.3, -0.25) is 4.79 Å². The number of methoxy groups -OCH3 is 1. The van der Waals surface area contributed by atoms with Gasteiger partial charge in [-0.2, -0.15) is 0 Å². The molecule has 0 fully saturated rings. The Kier molecular flexibility index (Phi) is 5.63. The van der Waals surface area contributed by atoms with Crippen LogP contribution < -0.4 is 0 Å². The van der Waals surface area contributed by atoms with E-state index in [1.165, 1.54) is 0 Å². The molecule has 0 radical (unpaired) electrons. The van der Waals surface area contributed by atoms with Gasteiger partial charge in [-0.1, -0.05) is 13.8 Å². The maximum atomic E-state index is 11.0. The summed E-state index contributed by atoms with van der Waals surface area (Å²) in [5.74, 6) is 0.701. The lowest BCUT2D eigenvalue weighted by Gasteiger charge is -2.14. The number of ether oxygens (including phenoxy) is 1. The lowest BCUT2D eigenvalue weighted by molar-refractivity contribution is -0.113. The van der Waals surface area contributed by atoms with Gasteiger partial charge in [-0.15, -0.1) is 0 Å². The van der Waals surface area contributed by atoms with Crippen molar-refractivity contribution in [2.75, 3.05) is 7.11 Å². The lowest BCUT2D eigenvalue weighted by Crippen LogP contribution is -2.12. The molecule has 0 heterocycles. The molecule has 2 nitrogen and oxygen atoms in total. The van der Waals surface area contributed by atoms with Gasteiger partial charge in [0.25, 0.3) is 0 Å². The number of ketones is 1. The van der Waals surface area contributed by atoms with E-state index in [1.807, 2.05) is 13.0 Å². The summed E-state index contributed by atoms with van der Waals surface area (Å²) in [7, 11) is 1.68. The van der Waals surface area contributed by atoms with Crippen molar-refractivity contribution in [2.45, 2.75) is 40.2 Å². The Morgan fingerprint density at radius 1 is 1.38 bits per heavy atom. The van der Waals surface area contributed by atoms with Crippen LogP contribution in [0.4, 0.5) is 0 Å². The third kappa shape index (κ3) is 5.58. The number of hydrogen-bond donors (Lipinski definition) is 0. The molecule has 0 saturated heterocycles. The smallest absolute Gasteiger partial charge is 0.155 e. The minimum Gasteiger partial charge on any atom is -0.377 e. The largest absolute Gasteiger partial charge is 0.377 e. The predicted molar refractivity (Wildman–Crippen MR) is 54.7 cm³/mol. The maximum absolute atomic E-state index is 11.0. The molecule has 2 heteroatoms. The fraction of sp³-hybridized carbons (Fsp3) is 0.727. The van der Waals surface area contributed by atoms with E-state index in [2.05, 4.69) is 13.8 Å². The van der Waals surface area contributed by atoms with Gasteiger partial charge in [0.2, 0.25) is 0 Å². The van der Waals surface area contributed by atoms with E-state index in [1.54, 1.807) is 14.0 Å². The summed E-state index contributed by atoms with van der Waals surface area (Å²) in [6.07, 6.45) is 2.94. The molecule has 0 aliphatic rings. The van der Waals surface area contributed by atoms with Crippen molar-refractivity contribution in [2.24, 2.45) is 5.92 Å². The summed E-state index contributed by atoms with van der Waals surface area (Å²) >= 11 is 0. The topological polar surface area (TPSA) is 26.3 Å². The van der Waals surface area contributed by atoms with Crippen molar-refractivity contribution in [1.29, 1.82) is 0 Å². The lowest BCUT2D eigenvalue weighted by atomic mass is 10.0. The molecule has 1 atom stereocenters. The molecule has 0 aliphatic carbocycles. The van der Waals surface area contributed by atoms with Gasteiger partial charge in [-0.25, -0.2) is 0 Å². The van der Waals surface area contributed by atoms with Gasteiger partial charge in [0, 0.05) is 7.11 Å². The van der Waals surface area contributed by atoms with Crippen LogP contribution in [0.1, 0.15) is 34.1 Å². The Hall–Kier alpha value is -0.630. The average Bonchev–Trinajstić information content (AvgIpc) is 2.02. The van der Waals surface area contributed by atoms with Crippen LogP contribution >= 0.6 is 0 Å². The number of carbonyl (C=O) groups is 1. The molecular formula is C11H20O2. The quantitative estimate of drug-likeness (QED) is 0.614. The highest BCUT2D eigenvalue weighted by atomic mass is 16.5. The Morgan fingerprint density at radius 2 is 1.92 bits per heavy atom. The second-order valence-electron chi connectivity index (χ2n) is 3.81. The molecular weight excluding hydrogens is 164 g/mol. The van der Waals surface area contributed by atoms with E-state index in [0.29, 0.717) is 5.92 Å². The molecule has 0 aliphatic heterocycles. The SMILES string of the molecule is COC(/C=C(\C)C(C)=O)CC(C)C. The fourth-order valence-electron chi connectivity index (χ4n) is 1.09. The maximum Gasteiger partial charge on any atom is 0.155 e. The number of rotatable bonds is 5. The summed E-state index contributed by atoms with van der Waals surface area (Å²) < 4.78 is 5.25. The van der Waals surface area contributed by atoms with Crippen molar-refractivity contribution in [3.05, 3.63) is 11.6 Å². The van der Waals surface area contributed by atoms with Crippen molar-refractivity contribution < 1.29 is 9.53 Å². The van der Waals surface area contributed by atoms with E-state index in [4.69, 9.17) is 4.74 Å². The zero-order chi connectivity index (χ0) is 10.4. The monoisotopic (exact) mass is 184 g/mol. The minimum absolute atomic E-state index is 0.0731. The van der Waals surface area contributed by atoms with Crippen LogP contribution in [0.15, 0.2) is 11.6 Å². The Labute approximate surface area is 81.0 Å². The molecule has 0 amide bonds. The van der Waals surface area contributed by atoms with Crippen molar-refractivity contribution in [3.63, 3.8) is 0 Å².